The molecule has 3 aromatic carbocycles. The van der Waals surface area contributed by atoms with Gasteiger partial charge in [0, 0.05) is 11.3 Å². The summed E-state index contributed by atoms with van der Waals surface area (Å²) in [5.74, 6) is -2.45. The Hall–Kier alpha value is -4.83. The Bertz CT molecular complexity index is 1530. The molecule has 0 saturated heterocycles. The lowest BCUT2D eigenvalue weighted by Crippen LogP contribution is -2.32. The fraction of sp³-hybridized carbons (Fsp3) is 0.107. The van der Waals surface area contributed by atoms with Crippen LogP contribution in [0.2, 0.25) is 0 Å². The van der Waals surface area contributed by atoms with Gasteiger partial charge in [0.25, 0.3) is 11.8 Å². The average molecular weight is 526 g/mol. The number of thiazole rings is 1. The second-order valence-electron chi connectivity index (χ2n) is 8.63. The Labute approximate surface area is 220 Å². The van der Waals surface area contributed by atoms with Gasteiger partial charge in [0.15, 0.2) is 5.69 Å². The maximum absolute atomic E-state index is 12.5. The summed E-state index contributed by atoms with van der Waals surface area (Å²) in [7, 11) is 0. The summed E-state index contributed by atoms with van der Waals surface area (Å²) >= 11 is 1.12. The van der Waals surface area contributed by atoms with Crippen molar-refractivity contribution in [3.05, 3.63) is 111 Å². The second-order valence-corrected chi connectivity index (χ2v) is 9.58. The molecule has 188 valence electrons. The minimum Gasteiger partial charge on any atom is -0.449 e. The monoisotopic (exact) mass is 525 g/mol. The van der Waals surface area contributed by atoms with Crippen molar-refractivity contribution in [2.24, 2.45) is 0 Å². The second kappa shape index (κ2) is 9.56. The molecule has 3 amide bonds. The highest BCUT2D eigenvalue weighted by Crippen LogP contribution is 2.44. The molecule has 0 bridgehead atoms. The third-order valence-electron chi connectivity index (χ3n) is 6.42. The van der Waals surface area contributed by atoms with Crippen molar-refractivity contribution in [3.8, 4) is 11.1 Å². The van der Waals surface area contributed by atoms with Crippen molar-refractivity contribution < 1.29 is 28.8 Å². The highest BCUT2D eigenvalue weighted by atomic mass is 32.1. The van der Waals surface area contributed by atoms with Crippen LogP contribution in [0.4, 0.5) is 4.79 Å². The molecule has 2 heterocycles. The molecule has 4 aromatic rings. The first-order valence-electron chi connectivity index (χ1n) is 11.7. The van der Waals surface area contributed by atoms with Crippen LogP contribution in [0, 0.1) is 0 Å². The van der Waals surface area contributed by atoms with Gasteiger partial charge in [0.2, 0.25) is 0 Å². The van der Waals surface area contributed by atoms with Crippen LogP contribution in [0.3, 0.4) is 0 Å². The molecule has 10 heteroatoms. The van der Waals surface area contributed by atoms with Crippen LogP contribution < -0.4 is 5.32 Å². The van der Waals surface area contributed by atoms with Crippen LogP contribution in [0.15, 0.2) is 78.2 Å². The van der Waals surface area contributed by atoms with Crippen molar-refractivity contribution in [1.82, 2.24) is 15.4 Å². The number of aromatic nitrogens is 1. The highest BCUT2D eigenvalue weighted by molar-refractivity contribution is 7.09. The standard InChI is InChI=1S/C28H19N3O6S/c32-25-20-11-5-6-12-21(20)26(33)31(25)37-27(34)23-15-38-24(30-23)13-29-28(35)36-14-22-18-9-3-1-7-16(18)17-8-2-4-10-19(17)22/h1-12,15,22H,13-14H2,(H,29,35). The third kappa shape index (κ3) is 4.10. The Morgan fingerprint density at radius 2 is 1.39 bits per heavy atom. The van der Waals surface area contributed by atoms with E-state index in [1.54, 1.807) is 12.1 Å². The largest absolute Gasteiger partial charge is 0.449 e. The van der Waals surface area contributed by atoms with Crippen molar-refractivity contribution in [1.29, 1.82) is 0 Å². The number of benzene rings is 3. The number of hydroxylamine groups is 2. The van der Waals surface area contributed by atoms with Gasteiger partial charge < -0.3 is 14.9 Å². The number of rotatable bonds is 6. The van der Waals surface area contributed by atoms with Gasteiger partial charge >= 0.3 is 12.1 Å². The van der Waals surface area contributed by atoms with E-state index in [1.807, 2.05) is 36.4 Å². The zero-order valence-corrected chi connectivity index (χ0v) is 20.6. The van der Waals surface area contributed by atoms with E-state index in [9.17, 15) is 19.2 Å². The molecule has 0 spiro atoms. The van der Waals surface area contributed by atoms with Gasteiger partial charge in [-0.15, -0.1) is 11.3 Å². The van der Waals surface area contributed by atoms with Gasteiger partial charge in [-0.2, -0.15) is 0 Å². The van der Waals surface area contributed by atoms with E-state index < -0.39 is 23.9 Å². The van der Waals surface area contributed by atoms with Crippen LogP contribution >= 0.6 is 11.3 Å². The predicted octanol–water partition coefficient (Wildman–Crippen LogP) is 4.55. The summed E-state index contributed by atoms with van der Waals surface area (Å²) in [4.78, 5) is 58.9. The number of nitrogens with zero attached hydrogens (tertiary/aromatic N) is 2. The number of hydrogen-bond acceptors (Lipinski definition) is 8. The molecular weight excluding hydrogens is 506 g/mol. The zero-order valence-electron chi connectivity index (χ0n) is 19.7. The molecule has 38 heavy (non-hydrogen) atoms. The van der Waals surface area contributed by atoms with E-state index in [0.29, 0.717) is 10.1 Å². The molecule has 0 saturated carbocycles. The van der Waals surface area contributed by atoms with Crippen LogP contribution in [-0.4, -0.2) is 40.5 Å². The number of carbonyl (C=O) groups is 4. The lowest BCUT2D eigenvalue weighted by molar-refractivity contribution is -0.0588. The number of ether oxygens (including phenoxy) is 1. The van der Waals surface area contributed by atoms with E-state index in [1.165, 1.54) is 17.5 Å². The number of hydrogen-bond donors (Lipinski definition) is 1. The minimum absolute atomic E-state index is 0.0294. The quantitative estimate of drug-likeness (QED) is 0.367. The topological polar surface area (TPSA) is 115 Å². The van der Waals surface area contributed by atoms with Crippen LogP contribution in [-0.2, 0) is 16.1 Å². The van der Waals surface area contributed by atoms with Crippen molar-refractivity contribution in [3.63, 3.8) is 0 Å². The number of nitrogens with one attached hydrogen (secondary N) is 1. The van der Waals surface area contributed by atoms with Crippen molar-refractivity contribution in [2.45, 2.75) is 12.5 Å². The Morgan fingerprint density at radius 3 is 2.00 bits per heavy atom. The molecule has 0 atom stereocenters. The van der Waals surface area contributed by atoms with Crippen LogP contribution in [0.25, 0.3) is 11.1 Å². The molecule has 1 aliphatic heterocycles. The molecule has 1 aromatic heterocycles. The lowest BCUT2D eigenvalue weighted by atomic mass is 9.98. The first-order chi connectivity index (χ1) is 18.5. The normalized spacial score (nSPS) is 13.6. The number of alkyl carbamates (subject to hydrolysis) is 1. The first-order valence-corrected chi connectivity index (χ1v) is 12.6. The molecule has 0 unspecified atom stereocenters. The Morgan fingerprint density at radius 1 is 0.842 bits per heavy atom. The maximum atomic E-state index is 12.5. The van der Waals surface area contributed by atoms with E-state index in [0.717, 1.165) is 33.6 Å². The average Bonchev–Trinajstić information content (AvgIpc) is 3.62. The maximum Gasteiger partial charge on any atom is 0.407 e. The van der Waals surface area contributed by atoms with Crippen LogP contribution in [0.5, 0.6) is 0 Å². The highest BCUT2D eigenvalue weighted by Gasteiger charge is 2.39. The molecule has 1 aliphatic carbocycles. The van der Waals surface area contributed by atoms with E-state index in [4.69, 9.17) is 9.57 Å². The van der Waals surface area contributed by atoms with E-state index >= 15 is 0 Å². The number of imide groups is 1. The summed E-state index contributed by atoms with van der Waals surface area (Å²) in [5.41, 5.74) is 4.75. The lowest BCUT2D eigenvalue weighted by Gasteiger charge is -2.14. The summed E-state index contributed by atoms with van der Waals surface area (Å²) in [6.07, 6.45) is -0.614. The summed E-state index contributed by atoms with van der Waals surface area (Å²) < 4.78 is 5.51. The van der Waals surface area contributed by atoms with Gasteiger partial charge in [0.1, 0.15) is 11.6 Å². The van der Waals surface area contributed by atoms with Gasteiger partial charge in [0.05, 0.1) is 17.7 Å². The summed E-state index contributed by atoms with van der Waals surface area (Å²) in [6.45, 7) is 0.206. The summed E-state index contributed by atoms with van der Waals surface area (Å²) in [6, 6.07) is 22.3. The molecule has 1 N–H and O–H groups in total. The number of carbonyl (C=O) groups excluding carboxylic acids is 4. The van der Waals surface area contributed by atoms with Gasteiger partial charge in [-0.05, 0) is 34.4 Å². The van der Waals surface area contributed by atoms with Crippen molar-refractivity contribution in [2.75, 3.05) is 6.61 Å². The number of fused-ring (bicyclic) bond motifs is 4. The minimum atomic E-state index is -0.955. The first kappa shape index (κ1) is 23.6. The Balaban J connectivity index is 1.04. The van der Waals surface area contributed by atoms with Crippen molar-refractivity contribution >= 4 is 35.2 Å². The van der Waals surface area contributed by atoms with Gasteiger partial charge in [-0.1, -0.05) is 65.7 Å². The third-order valence-corrected chi connectivity index (χ3v) is 7.27. The molecule has 2 aliphatic rings. The molecular formula is C28H19N3O6S. The molecule has 0 fully saturated rings. The van der Waals surface area contributed by atoms with Crippen LogP contribution in [0.1, 0.15) is 53.3 Å². The van der Waals surface area contributed by atoms with Gasteiger partial charge in [-0.25, -0.2) is 14.6 Å². The molecule has 9 nitrogen and oxygen atoms in total. The summed E-state index contributed by atoms with van der Waals surface area (Å²) in [5, 5.41) is 4.92. The van der Waals surface area contributed by atoms with E-state index in [-0.39, 0.29) is 35.9 Å². The predicted molar refractivity (Wildman–Crippen MR) is 136 cm³/mol. The van der Waals surface area contributed by atoms with Gasteiger partial charge in [-0.3, -0.25) is 9.59 Å². The molecule has 6 rings (SSSR count). The zero-order chi connectivity index (χ0) is 26.2. The fourth-order valence-electron chi connectivity index (χ4n) is 4.66. The Kier molecular flexibility index (Phi) is 5.93. The number of amides is 3. The van der Waals surface area contributed by atoms with E-state index in [2.05, 4.69) is 22.4 Å². The SMILES string of the molecule is O=C(NCc1nc(C(=O)ON2C(=O)c3ccccc3C2=O)cs1)OCC1c2ccccc2-c2ccccc21. The smallest absolute Gasteiger partial charge is 0.407 e. The fourth-order valence-corrected chi connectivity index (χ4v) is 5.37. The molecule has 0 radical (unpaired) electrons.